The fraction of sp³-hybridized carbons (Fsp3) is 0.533. The van der Waals surface area contributed by atoms with Crippen LogP contribution in [0.15, 0.2) is 35.2 Å². The predicted molar refractivity (Wildman–Crippen MR) is 81.2 cm³/mol. The summed E-state index contributed by atoms with van der Waals surface area (Å²) in [5.74, 6) is 0. The van der Waals surface area contributed by atoms with E-state index in [2.05, 4.69) is 0 Å². The first-order chi connectivity index (χ1) is 10.1. The monoisotopic (exact) mass is 327 g/mol. The summed E-state index contributed by atoms with van der Waals surface area (Å²) < 4.78 is 30.3. The van der Waals surface area contributed by atoms with Gasteiger partial charge in [0.1, 0.15) is 10.9 Å². The number of aliphatic hydroxyl groups excluding tert-OH is 1. The van der Waals surface area contributed by atoms with Crippen LogP contribution in [0.25, 0.3) is 0 Å². The quantitative estimate of drug-likeness (QED) is 0.888. The number of likely N-dealkylation sites (tertiary alicyclic amines) is 1. The SMILES string of the molecule is CC(C)(C)OC(=O)N1C[C@H](O)[C@@H](S(=O)(=O)c2ccccc2)C1. The summed E-state index contributed by atoms with van der Waals surface area (Å²) in [5.41, 5.74) is -0.668. The van der Waals surface area contributed by atoms with Crippen LogP contribution in [0.4, 0.5) is 4.79 Å². The highest BCUT2D eigenvalue weighted by molar-refractivity contribution is 7.92. The molecular weight excluding hydrogens is 306 g/mol. The van der Waals surface area contributed by atoms with Crippen LogP contribution in [0.1, 0.15) is 20.8 Å². The molecule has 1 heterocycles. The molecule has 1 N–H and O–H groups in total. The summed E-state index contributed by atoms with van der Waals surface area (Å²) in [4.78, 5) is 13.4. The Morgan fingerprint density at radius 1 is 1.23 bits per heavy atom. The van der Waals surface area contributed by atoms with E-state index in [1.807, 2.05) is 0 Å². The third kappa shape index (κ3) is 3.59. The molecule has 1 saturated heterocycles. The van der Waals surface area contributed by atoms with Crippen LogP contribution in [0.3, 0.4) is 0 Å². The average Bonchev–Trinajstić information content (AvgIpc) is 2.81. The lowest BCUT2D eigenvalue weighted by Crippen LogP contribution is -2.36. The van der Waals surface area contributed by atoms with Gasteiger partial charge >= 0.3 is 6.09 Å². The maximum Gasteiger partial charge on any atom is 0.410 e. The maximum absolute atomic E-state index is 12.6. The number of benzene rings is 1. The second-order valence-electron chi connectivity index (χ2n) is 6.35. The Morgan fingerprint density at radius 2 is 1.82 bits per heavy atom. The second kappa shape index (κ2) is 5.89. The summed E-state index contributed by atoms with van der Waals surface area (Å²) in [6, 6.07) is 7.94. The third-order valence-corrected chi connectivity index (χ3v) is 5.55. The van der Waals surface area contributed by atoms with Crippen molar-refractivity contribution >= 4 is 15.9 Å². The van der Waals surface area contributed by atoms with Crippen molar-refractivity contribution in [2.24, 2.45) is 0 Å². The number of hydrogen-bond donors (Lipinski definition) is 1. The van der Waals surface area contributed by atoms with E-state index in [9.17, 15) is 18.3 Å². The van der Waals surface area contributed by atoms with Gasteiger partial charge in [0.25, 0.3) is 0 Å². The molecule has 1 aromatic carbocycles. The first-order valence-electron chi connectivity index (χ1n) is 7.06. The summed E-state index contributed by atoms with van der Waals surface area (Å²) in [5, 5.41) is 9.04. The zero-order chi connectivity index (χ0) is 16.5. The fourth-order valence-corrected chi connectivity index (χ4v) is 4.08. The molecule has 0 aromatic heterocycles. The molecule has 2 rings (SSSR count). The van der Waals surface area contributed by atoms with E-state index in [0.717, 1.165) is 0 Å². The van der Waals surface area contributed by atoms with Gasteiger partial charge in [0.2, 0.25) is 0 Å². The van der Waals surface area contributed by atoms with Crippen molar-refractivity contribution < 1.29 is 23.1 Å². The molecule has 0 radical (unpaired) electrons. The number of hydrogen-bond acceptors (Lipinski definition) is 5. The van der Waals surface area contributed by atoms with Gasteiger partial charge in [0.15, 0.2) is 9.84 Å². The molecule has 122 valence electrons. The van der Waals surface area contributed by atoms with Crippen molar-refractivity contribution in [1.29, 1.82) is 0 Å². The molecule has 0 aliphatic carbocycles. The van der Waals surface area contributed by atoms with E-state index in [-0.39, 0.29) is 18.0 Å². The van der Waals surface area contributed by atoms with E-state index in [4.69, 9.17) is 4.74 Å². The molecule has 22 heavy (non-hydrogen) atoms. The number of β-amino-alcohol motifs (C(OH)–C–C–N with tert-alkyl or cyclic N) is 1. The highest BCUT2D eigenvalue weighted by atomic mass is 32.2. The smallest absolute Gasteiger partial charge is 0.410 e. The molecule has 6 nitrogen and oxygen atoms in total. The van der Waals surface area contributed by atoms with E-state index in [1.165, 1.54) is 17.0 Å². The largest absolute Gasteiger partial charge is 0.444 e. The van der Waals surface area contributed by atoms with E-state index in [1.54, 1.807) is 39.0 Å². The highest BCUT2D eigenvalue weighted by Crippen LogP contribution is 2.25. The van der Waals surface area contributed by atoms with Crippen molar-refractivity contribution in [3.05, 3.63) is 30.3 Å². The number of carbonyl (C=O) groups is 1. The van der Waals surface area contributed by atoms with Crippen LogP contribution in [-0.4, -0.2) is 54.6 Å². The van der Waals surface area contributed by atoms with Gasteiger partial charge in [-0.3, -0.25) is 0 Å². The summed E-state index contributed by atoms with van der Waals surface area (Å²) in [6.45, 7) is 5.07. The van der Waals surface area contributed by atoms with Gasteiger partial charge in [-0.05, 0) is 32.9 Å². The molecule has 7 heteroatoms. The molecule has 0 unspecified atom stereocenters. The average molecular weight is 327 g/mol. The van der Waals surface area contributed by atoms with Crippen molar-refractivity contribution in [3.8, 4) is 0 Å². The molecule has 1 amide bonds. The second-order valence-corrected chi connectivity index (χ2v) is 8.52. The Labute approximate surface area is 130 Å². The van der Waals surface area contributed by atoms with Crippen LogP contribution in [-0.2, 0) is 14.6 Å². The molecule has 1 aliphatic heterocycles. The Hall–Kier alpha value is -1.60. The van der Waals surface area contributed by atoms with Gasteiger partial charge in [-0.2, -0.15) is 0 Å². The standard InChI is InChI=1S/C15H21NO5S/c1-15(2,3)21-14(18)16-9-12(17)13(10-16)22(19,20)11-7-5-4-6-8-11/h4-8,12-13,17H,9-10H2,1-3H3/t12-,13-/m0/s1. The lowest BCUT2D eigenvalue weighted by atomic mass is 10.2. The predicted octanol–water partition coefficient (Wildman–Crippen LogP) is 1.44. The lowest BCUT2D eigenvalue weighted by Gasteiger charge is -2.24. The molecule has 1 aromatic rings. The minimum atomic E-state index is -3.70. The topological polar surface area (TPSA) is 83.9 Å². The molecule has 0 bridgehead atoms. The van der Waals surface area contributed by atoms with Crippen molar-refractivity contribution in [2.75, 3.05) is 13.1 Å². The number of ether oxygens (including phenoxy) is 1. The van der Waals surface area contributed by atoms with E-state index >= 15 is 0 Å². The van der Waals surface area contributed by atoms with Gasteiger partial charge in [-0.1, -0.05) is 18.2 Å². The highest BCUT2D eigenvalue weighted by Gasteiger charge is 2.43. The number of aliphatic hydroxyl groups is 1. The Balaban J connectivity index is 2.16. The minimum Gasteiger partial charge on any atom is -0.444 e. The zero-order valence-electron chi connectivity index (χ0n) is 12.9. The Bertz CT molecular complexity index is 636. The van der Waals surface area contributed by atoms with Crippen LogP contribution >= 0.6 is 0 Å². The van der Waals surface area contributed by atoms with Gasteiger partial charge in [0, 0.05) is 6.54 Å². The Morgan fingerprint density at radius 3 is 2.36 bits per heavy atom. The first kappa shape index (κ1) is 16.8. The maximum atomic E-state index is 12.6. The van der Waals surface area contributed by atoms with Crippen molar-refractivity contribution in [3.63, 3.8) is 0 Å². The van der Waals surface area contributed by atoms with Gasteiger partial charge in [0.05, 0.1) is 17.5 Å². The molecule has 1 aliphatic rings. The first-order valence-corrected chi connectivity index (χ1v) is 8.61. The lowest BCUT2D eigenvalue weighted by molar-refractivity contribution is 0.0270. The molecule has 0 spiro atoms. The number of carbonyl (C=O) groups excluding carboxylic acids is 1. The van der Waals surface area contributed by atoms with Crippen LogP contribution < -0.4 is 0 Å². The summed E-state index contributed by atoms with van der Waals surface area (Å²) >= 11 is 0. The van der Waals surface area contributed by atoms with Crippen LogP contribution in [0, 0.1) is 0 Å². The number of rotatable bonds is 2. The normalized spacial score (nSPS) is 22.6. The van der Waals surface area contributed by atoms with E-state index < -0.39 is 32.9 Å². The van der Waals surface area contributed by atoms with E-state index in [0.29, 0.717) is 0 Å². The zero-order valence-corrected chi connectivity index (χ0v) is 13.7. The summed E-state index contributed by atoms with van der Waals surface area (Å²) in [7, 11) is -3.70. The minimum absolute atomic E-state index is 0.0500. The fourth-order valence-electron chi connectivity index (χ4n) is 2.32. The van der Waals surface area contributed by atoms with Crippen molar-refractivity contribution in [2.45, 2.75) is 42.6 Å². The molecule has 1 fully saturated rings. The number of amides is 1. The Kier molecular flexibility index (Phi) is 4.49. The van der Waals surface area contributed by atoms with Crippen molar-refractivity contribution in [1.82, 2.24) is 4.90 Å². The number of sulfone groups is 1. The summed E-state index contributed by atoms with van der Waals surface area (Å²) in [6.07, 6.45) is -1.74. The van der Waals surface area contributed by atoms with Gasteiger partial charge in [-0.25, -0.2) is 13.2 Å². The molecular formula is C15H21NO5S. The van der Waals surface area contributed by atoms with Gasteiger partial charge in [-0.15, -0.1) is 0 Å². The van der Waals surface area contributed by atoms with Crippen LogP contribution in [0.2, 0.25) is 0 Å². The molecule has 2 atom stereocenters. The van der Waals surface area contributed by atoms with Crippen LogP contribution in [0.5, 0.6) is 0 Å². The molecule has 0 saturated carbocycles. The van der Waals surface area contributed by atoms with Gasteiger partial charge < -0.3 is 14.7 Å². The third-order valence-electron chi connectivity index (χ3n) is 3.36. The number of nitrogens with zero attached hydrogens (tertiary/aromatic N) is 1.